The molecule has 5 aromatic rings. The first-order valence-corrected chi connectivity index (χ1v) is 13.5. The highest BCUT2D eigenvalue weighted by atomic mass is 35.5. The third-order valence-corrected chi connectivity index (χ3v) is 8.05. The van der Waals surface area contributed by atoms with E-state index in [4.69, 9.17) is 16.3 Å². The van der Waals surface area contributed by atoms with Crippen molar-refractivity contribution >= 4 is 50.2 Å². The van der Waals surface area contributed by atoms with Crippen molar-refractivity contribution in [1.29, 1.82) is 0 Å². The van der Waals surface area contributed by atoms with Crippen molar-refractivity contribution in [2.75, 3.05) is 5.32 Å². The highest BCUT2D eigenvalue weighted by Gasteiger charge is 2.37. The molecule has 5 aromatic carbocycles. The van der Waals surface area contributed by atoms with Gasteiger partial charge in [-0.15, -0.1) is 0 Å². The Hall–Kier alpha value is -4.08. The number of carbonyl (C=O) groups is 1. The van der Waals surface area contributed by atoms with Gasteiger partial charge in [0.15, 0.2) is 5.78 Å². The molecule has 3 nitrogen and oxygen atoms in total. The lowest BCUT2D eigenvalue weighted by Gasteiger charge is -2.36. The average Bonchev–Trinajstić information content (AvgIpc) is 2.96. The lowest BCUT2D eigenvalue weighted by molar-refractivity contribution is -0.116. The van der Waals surface area contributed by atoms with Crippen LogP contribution in [-0.4, -0.2) is 5.78 Å². The minimum atomic E-state index is -0.294. The molecule has 0 saturated heterocycles. The Balaban J connectivity index is 1.42. The summed E-state index contributed by atoms with van der Waals surface area (Å²) in [5.41, 5.74) is 6.35. The lowest BCUT2D eigenvalue weighted by Crippen LogP contribution is -2.28. The molecule has 0 radical (unpaired) electrons. The molecular weight excluding hydrogens is 490 g/mol. The fourth-order valence-corrected chi connectivity index (χ4v) is 6.19. The molecule has 1 aliphatic carbocycles. The summed E-state index contributed by atoms with van der Waals surface area (Å²) >= 11 is 6.09. The smallest absolute Gasteiger partial charge is 0.161 e. The zero-order chi connectivity index (χ0) is 25.6. The van der Waals surface area contributed by atoms with Gasteiger partial charge in [-0.05, 0) is 69.8 Å². The molecule has 2 aliphatic rings. The van der Waals surface area contributed by atoms with Gasteiger partial charge in [0.05, 0.1) is 6.04 Å². The molecule has 1 heterocycles. The summed E-state index contributed by atoms with van der Waals surface area (Å²) < 4.78 is 6.48. The summed E-state index contributed by atoms with van der Waals surface area (Å²) in [6.07, 6.45) is 2.34. The standard InChI is InChI=1S/C34H26ClNO2/c35-24-16-12-21(13-17-24)20-38-30-19-15-23-7-2-4-9-26(23)33(30)34-32-27(10-5-11-29(32)37)31-25-8-3-1-6-22(25)14-18-28(31)36-34/h1-4,6-9,12-19,34,36H,5,10-11,20H2/t34-/m0/s1. The molecule has 0 bridgehead atoms. The number of fused-ring (bicyclic) bond motifs is 5. The van der Waals surface area contributed by atoms with Crippen molar-refractivity contribution < 1.29 is 9.53 Å². The van der Waals surface area contributed by atoms with Gasteiger partial charge >= 0.3 is 0 Å². The minimum Gasteiger partial charge on any atom is -0.489 e. The number of hydrogen-bond donors (Lipinski definition) is 1. The lowest BCUT2D eigenvalue weighted by atomic mass is 9.76. The van der Waals surface area contributed by atoms with Crippen LogP contribution in [0.15, 0.2) is 103 Å². The first kappa shape index (κ1) is 23.1. The number of ketones is 1. The first-order valence-electron chi connectivity index (χ1n) is 13.1. The number of benzene rings is 5. The van der Waals surface area contributed by atoms with Crippen molar-refractivity contribution in [3.63, 3.8) is 0 Å². The van der Waals surface area contributed by atoms with Crippen LogP contribution in [0.5, 0.6) is 5.75 Å². The van der Waals surface area contributed by atoms with E-state index in [0.29, 0.717) is 18.1 Å². The molecule has 38 heavy (non-hydrogen) atoms. The van der Waals surface area contributed by atoms with Gasteiger partial charge < -0.3 is 10.1 Å². The molecule has 0 fully saturated rings. The maximum atomic E-state index is 13.7. The quantitative estimate of drug-likeness (QED) is 0.259. The third kappa shape index (κ3) is 3.86. The van der Waals surface area contributed by atoms with E-state index in [2.05, 4.69) is 66.0 Å². The molecule has 4 heteroatoms. The van der Waals surface area contributed by atoms with E-state index in [-0.39, 0.29) is 11.8 Å². The van der Waals surface area contributed by atoms with Gasteiger partial charge in [0.25, 0.3) is 0 Å². The topological polar surface area (TPSA) is 38.3 Å². The molecular formula is C34H26ClNO2. The first-order chi connectivity index (χ1) is 18.7. The molecule has 1 atom stereocenters. The minimum absolute atomic E-state index is 0.221. The van der Waals surface area contributed by atoms with Gasteiger partial charge in [0.1, 0.15) is 12.4 Å². The summed E-state index contributed by atoms with van der Waals surface area (Å²) in [5, 5.41) is 9.09. The Morgan fingerprint density at radius 3 is 2.32 bits per heavy atom. The Morgan fingerprint density at radius 2 is 1.50 bits per heavy atom. The maximum Gasteiger partial charge on any atom is 0.161 e. The number of Topliss-reactive ketones (excluding diaryl/α,β-unsaturated/α-hetero) is 1. The Labute approximate surface area is 226 Å². The predicted octanol–water partition coefficient (Wildman–Crippen LogP) is 8.90. The molecule has 0 aromatic heterocycles. The zero-order valence-electron chi connectivity index (χ0n) is 20.8. The fraction of sp³-hybridized carbons (Fsp3) is 0.147. The molecule has 0 spiro atoms. The second kappa shape index (κ2) is 9.34. The van der Waals surface area contributed by atoms with Gasteiger partial charge in [0.2, 0.25) is 0 Å². The molecule has 1 N–H and O–H groups in total. The van der Waals surface area contributed by atoms with Crippen LogP contribution in [0, 0.1) is 0 Å². The van der Waals surface area contributed by atoms with Crippen LogP contribution in [0.1, 0.15) is 42.0 Å². The monoisotopic (exact) mass is 515 g/mol. The Kier molecular flexibility index (Phi) is 5.67. The largest absolute Gasteiger partial charge is 0.489 e. The summed E-state index contributed by atoms with van der Waals surface area (Å²) in [7, 11) is 0. The van der Waals surface area contributed by atoms with Gasteiger partial charge in [-0.25, -0.2) is 0 Å². The van der Waals surface area contributed by atoms with E-state index in [9.17, 15) is 4.79 Å². The Bertz CT molecular complexity index is 1750. The summed E-state index contributed by atoms with van der Waals surface area (Å²) in [6.45, 7) is 0.413. The van der Waals surface area contributed by atoms with Crippen LogP contribution >= 0.6 is 11.6 Å². The Morgan fingerprint density at radius 1 is 0.789 bits per heavy atom. The van der Waals surface area contributed by atoms with E-state index in [1.165, 1.54) is 21.9 Å². The summed E-state index contributed by atoms with van der Waals surface area (Å²) in [5.74, 6) is 1.00. The molecule has 186 valence electrons. The van der Waals surface area contributed by atoms with E-state index in [1.54, 1.807) is 0 Å². The molecule has 7 rings (SSSR count). The van der Waals surface area contributed by atoms with Crippen molar-refractivity contribution in [3.05, 3.63) is 124 Å². The van der Waals surface area contributed by atoms with E-state index >= 15 is 0 Å². The van der Waals surface area contributed by atoms with Crippen LogP contribution in [0.2, 0.25) is 5.02 Å². The number of hydrogen-bond acceptors (Lipinski definition) is 3. The van der Waals surface area contributed by atoms with Gasteiger partial charge in [0, 0.05) is 33.8 Å². The van der Waals surface area contributed by atoms with E-state index in [0.717, 1.165) is 51.8 Å². The number of nitrogens with one attached hydrogen (secondary N) is 1. The van der Waals surface area contributed by atoms with Crippen molar-refractivity contribution in [3.8, 4) is 5.75 Å². The van der Waals surface area contributed by atoms with E-state index in [1.807, 2.05) is 36.4 Å². The average molecular weight is 516 g/mol. The fourth-order valence-electron chi connectivity index (χ4n) is 6.06. The normalized spacial score (nSPS) is 16.8. The molecule has 0 saturated carbocycles. The highest BCUT2D eigenvalue weighted by Crippen LogP contribution is 2.50. The van der Waals surface area contributed by atoms with Gasteiger partial charge in [-0.1, -0.05) is 84.4 Å². The number of allylic oxidation sites excluding steroid dienone is 1. The summed E-state index contributed by atoms with van der Waals surface area (Å²) in [4.78, 5) is 13.7. The highest BCUT2D eigenvalue weighted by molar-refractivity contribution is 6.30. The van der Waals surface area contributed by atoms with Crippen LogP contribution in [0.25, 0.3) is 27.1 Å². The van der Waals surface area contributed by atoms with Crippen LogP contribution in [0.3, 0.4) is 0 Å². The number of anilines is 1. The van der Waals surface area contributed by atoms with Crippen molar-refractivity contribution in [2.45, 2.75) is 31.9 Å². The maximum absolute atomic E-state index is 13.7. The second-order valence-electron chi connectivity index (χ2n) is 10.1. The zero-order valence-corrected chi connectivity index (χ0v) is 21.6. The number of carbonyl (C=O) groups excluding carboxylic acids is 1. The van der Waals surface area contributed by atoms with Crippen LogP contribution in [-0.2, 0) is 11.4 Å². The summed E-state index contributed by atoms with van der Waals surface area (Å²) in [6, 6.07) is 32.7. The number of halogens is 1. The second-order valence-corrected chi connectivity index (χ2v) is 10.5. The van der Waals surface area contributed by atoms with E-state index < -0.39 is 0 Å². The molecule has 0 unspecified atom stereocenters. The number of rotatable bonds is 4. The third-order valence-electron chi connectivity index (χ3n) is 7.80. The molecule has 1 aliphatic heterocycles. The number of ether oxygens (including phenoxy) is 1. The molecule has 0 amide bonds. The van der Waals surface area contributed by atoms with Gasteiger partial charge in [-0.3, -0.25) is 4.79 Å². The van der Waals surface area contributed by atoms with Crippen LogP contribution in [0.4, 0.5) is 5.69 Å². The SMILES string of the molecule is O=C1CCCC2=C1[C@@H](c1c(OCc3ccc(Cl)cc3)ccc3ccccc13)Nc1ccc3ccccc3c12. The van der Waals surface area contributed by atoms with Crippen molar-refractivity contribution in [1.82, 2.24) is 0 Å². The van der Waals surface area contributed by atoms with Crippen molar-refractivity contribution in [2.24, 2.45) is 0 Å². The predicted molar refractivity (Wildman–Crippen MR) is 156 cm³/mol. The van der Waals surface area contributed by atoms with Crippen LogP contribution < -0.4 is 10.1 Å². The van der Waals surface area contributed by atoms with Gasteiger partial charge in [-0.2, -0.15) is 0 Å².